The monoisotopic (exact) mass is 892 g/mol. The zero-order valence-electron chi connectivity index (χ0n) is 35.2. The van der Waals surface area contributed by atoms with E-state index in [4.69, 9.17) is 0 Å². The van der Waals surface area contributed by atoms with Gasteiger partial charge in [-0.2, -0.15) is 0 Å². The van der Waals surface area contributed by atoms with Gasteiger partial charge in [0.15, 0.2) is 0 Å². The molecule has 0 heterocycles. The molecule has 6 rings (SSSR count). The molecule has 0 aliphatic heterocycles. The molecular formula is C48H68P8. The Bertz CT molecular complexity index is 2180. The Morgan fingerprint density at radius 2 is 0.732 bits per heavy atom. The maximum atomic E-state index is 2.85. The van der Waals surface area contributed by atoms with E-state index in [1.54, 1.807) is 0 Å². The molecule has 0 fully saturated rings. The first kappa shape index (κ1) is 49.6. The van der Waals surface area contributed by atoms with Gasteiger partial charge < -0.3 is 0 Å². The van der Waals surface area contributed by atoms with Crippen molar-refractivity contribution >= 4 is 95.5 Å². The minimum atomic E-state index is 1.03. The molecule has 0 N–H and O–H groups in total. The highest BCUT2D eigenvalue weighted by molar-refractivity contribution is 7.16. The third kappa shape index (κ3) is 13.1. The molecule has 0 saturated heterocycles. The fourth-order valence-corrected chi connectivity index (χ4v) is 10.9. The van der Waals surface area contributed by atoms with Gasteiger partial charge in [0, 0.05) is 0 Å². The highest BCUT2D eigenvalue weighted by atomic mass is 31.0. The van der Waals surface area contributed by atoms with Crippen molar-refractivity contribution in [2.45, 2.75) is 105 Å². The smallest absolute Gasteiger partial charge is 0.0120 e. The molecule has 8 atom stereocenters. The van der Waals surface area contributed by atoms with Crippen LogP contribution in [-0.4, -0.2) is 0 Å². The largest absolute Gasteiger partial charge is 0.133 e. The van der Waals surface area contributed by atoms with Crippen LogP contribution in [0.25, 0.3) is 21.5 Å². The van der Waals surface area contributed by atoms with Crippen molar-refractivity contribution in [2.24, 2.45) is 0 Å². The van der Waals surface area contributed by atoms with Gasteiger partial charge in [0.2, 0.25) is 0 Å². The number of benzene rings is 6. The molecule has 6 aromatic rings. The molecule has 8 unspecified atom stereocenters. The Hall–Kier alpha value is -0.720. The first-order chi connectivity index (χ1) is 26.7. The van der Waals surface area contributed by atoms with Gasteiger partial charge in [-0.05, 0) is 199 Å². The topological polar surface area (TPSA) is 0 Å². The summed E-state index contributed by atoms with van der Waals surface area (Å²) in [6.45, 7) is 17.5. The molecule has 0 aliphatic carbocycles. The second kappa shape index (κ2) is 24.5. The minimum Gasteiger partial charge on any atom is -0.133 e. The number of aryl methyl sites for hydroxylation is 6. The van der Waals surface area contributed by atoms with Gasteiger partial charge in [0.1, 0.15) is 0 Å². The van der Waals surface area contributed by atoms with Gasteiger partial charge in [-0.25, -0.2) is 0 Å². The molecule has 0 radical (unpaired) electrons. The fraction of sp³-hybridized carbons (Fsp3) is 0.333. The molecular weight excluding hydrogens is 824 g/mol. The van der Waals surface area contributed by atoms with Crippen LogP contribution in [0.4, 0.5) is 0 Å². The van der Waals surface area contributed by atoms with E-state index in [2.05, 4.69) is 202 Å². The summed E-state index contributed by atoms with van der Waals surface area (Å²) in [5.41, 5.74) is 22.8. The molecule has 6 aromatic carbocycles. The predicted octanol–water partition coefficient (Wildman–Crippen LogP) is 14.5. The zero-order chi connectivity index (χ0) is 41.7. The maximum absolute atomic E-state index is 2.85. The van der Waals surface area contributed by atoms with Gasteiger partial charge >= 0.3 is 0 Å². The fourth-order valence-electron chi connectivity index (χ4n) is 7.32. The molecule has 0 aliphatic rings. The van der Waals surface area contributed by atoms with Crippen molar-refractivity contribution in [3.63, 3.8) is 0 Å². The Kier molecular flexibility index (Phi) is 21.7. The first-order valence-corrected chi connectivity index (χ1v) is 26.1. The van der Waals surface area contributed by atoms with E-state index < -0.39 is 0 Å². The third-order valence-corrected chi connectivity index (χ3v) is 14.3. The van der Waals surface area contributed by atoms with Crippen molar-refractivity contribution in [3.8, 4) is 0 Å². The van der Waals surface area contributed by atoms with E-state index in [1.807, 2.05) is 0 Å². The molecule has 0 bridgehead atoms. The first-order valence-electron chi connectivity index (χ1n) is 19.5. The quantitative estimate of drug-likeness (QED) is 0.134. The van der Waals surface area contributed by atoms with Crippen molar-refractivity contribution in [3.05, 3.63) is 162 Å². The molecule has 8 heteroatoms. The minimum absolute atomic E-state index is 1.03. The van der Waals surface area contributed by atoms with Crippen LogP contribution >= 0.6 is 73.9 Å². The van der Waals surface area contributed by atoms with Gasteiger partial charge in [-0.3, -0.25) is 0 Å². The van der Waals surface area contributed by atoms with Gasteiger partial charge in [-0.15, -0.1) is 73.9 Å². The second-order valence-electron chi connectivity index (χ2n) is 14.8. The Morgan fingerprint density at radius 1 is 0.304 bits per heavy atom. The average molecular weight is 893 g/mol. The van der Waals surface area contributed by atoms with Gasteiger partial charge in [0.05, 0.1) is 0 Å². The number of hydrogen-bond donors (Lipinski definition) is 0. The van der Waals surface area contributed by atoms with Crippen LogP contribution in [-0.2, 0) is 49.3 Å². The molecule has 56 heavy (non-hydrogen) atoms. The van der Waals surface area contributed by atoms with Crippen molar-refractivity contribution in [1.29, 1.82) is 0 Å². The van der Waals surface area contributed by atoms with Crippen molar-refractivity contribution < 1.29 is 0 Å². The van der Waals surface area contributed by atoms with Crippen LogP contribution in [0.3, 0.4) is 0 Å². The Labute approximate surface area is 359 Å². The summed E-state index contributed by atoms with van der Waals surface area (Å²) in [5.74, 6) is 0. The predicted molar refractivity (Wildman–Crippen MR) is 286 cm³/mol. The second-order valence-corrected chi connectivity index (χ2v) is 18.1. The summed E-state index contributed by atoms with van der Waals surface area (Å²) in [7, 11) is 22.5. The van der Waals surface area contributed by atoms with Crippen LogP contribution in [0, 0.1) is 55.4 Å². The Balaban J connectivity index is 0.000000202. The van der Waals surface area contributed by atoms with E-state index in [-0.39, 0.29) is 0 Å². The van der Waals surface area contributed by atoms with Crippen LogP contribution < -0.4 is 0 Å². The molecule has 0 saturated carbocycles. The highest BCUT2D eigenvalue weighted by Gasteiger charge is 2.09. The standard InChI is InChI=1S/2C14H18P2.2C10H16P2/c1-9-3-4-13-11(5-9)6-12(7-15)10(2)14(13)8-16;1-9-3-4-12-13(5-9)11(7-15)6-10(2)14(12)8-16;1-7-3-10(6-12)8(2)4-9(7)5-11;1-7-3-9(5-11)8(2)10(4-7)6-12/h2*3-6H,7-8,15-16H2,1-2H3;2*3-4H,5-6,11-12H2,1-2H3. The molecule has 0 aromatic heterocycles. The van der Waals surface area contributed by atoms with Crippen LogP contribution in [0.5, 0.6) is 0 Å². The number of fused-ring (bicyclic) bond motifs is 2. The van der Waals surface area contributed by atoms with Crippen LogP contribution in [0.1, 0.15) is 89.0 Å². The van der Waals surface area contributed by atoms with E-state index in [0.29, 0.717) is 0 Å². The van der Waals surface area contributed by atoms with Crippen molar-refractivity contribution in [1.82, 2.24) is 0 Å². The normalized spacial score (nSPS) is 10.7. The summed E-state index contributed by atoms with van der Waals surface area (Å²) >= 11 is 0. The summed E-state index contributed by atoms with van der Waals surface area (Å²) in [5, 5.41) is 5.61. The lowest BCUT2D eigenvalue weighted by Gasteiger charge is -2.13. The van der Waals surface area contributed by atoms with E-state index >= 15 is 0 Å². The van der Waals surface area contributed by atoms with Crippen molar-refractivity contribution in [2.75, 3.05) is 0 Å². The van der Waals surface area contributed by atoms with E-state index in [0.717, 1.165) is 49.3 Å². The highest BCUT2D eigenvalue weighted by Crippen LogP contribution is 2.31. The third-order valence-electron chi connectivity index (χ3n) is 10.8. The summed E-state index contributed by atoms with van der Waals surface area (Å²) < 4.78 is 0. The van der Waals surface area contributed by atoms with Crippen LogP contribution in [0.15, 0.2) is 72.8 Å². The van der Waals surface area contributed by atoms with Crippen LogP contribution in [0.2, 0.25) is 0 Å². The van der Waals surface area contributed by atoms with E-state index in [1.165, 1.54) is 111 Å². The Morgan fingerprint density at radius 3 is 1.20 bits per heavy atom. The molecule has 300 valence electrons. The SMILES string of the molecule is Cc1cc(CP)c(C)c(CP)c1.Cc1cc(CP)c(C)cc1CP.Cc1ccc2c(CP)c(C)c(CP)cc2c1.Cc1ccc2c(CP)c(C)cc(CP)c2c1. The molecule has 0 spiro atoms. The zero-order valence-corrected chi connectivity index (χ0v) is 44.4. The van der Waals surface area contributed by atoms with Gasteiger partial charge in [-0.1, -0.05) is 89.5 Å². The number of hydrogen-bond acceptors (Lipinski definition) is 0. The summed E-state index contributed by atoms with van der Waals surface area (Å²) in [4.78, 5) is 0. The lowest BCUT2D eigenvalue weighted by Crippen LogP contribution is -1.94. The van der Waals surface area contributed by atoms with E-state index in [9.17, 15) is 0 Å². The summed E-state index contributed by atoms with van der Waals surface area (Å²) in [6, 6.07) is 27.3. The molecule has 0 nitrogen and oxygen atoms in total. The maximum Gasteiger partial charge on any atom is -0.0120 e. The lowest BCUT2D eigenvalue weighted by molar-refractivity contribution is 1.20. The van der Waals surface area contributed by atoms with Gasteiger partial charge in [0.25, 0.3) is 0 Å². The average Bonchev–Trinajstić information content (AvgIpc) is 3.19. The molecule has 0 amide bonds. The number of rotatable bonds is 8. The lowest BCUT2D eigenvalue weighted by atomic mass is 9.95. The summed E-state index contributed by atoms with van der Waals surface area (Å²) in [6.07, 6.45) is 8.36.